The number of sulfonamides is 1. The minimum atomic E-state index is -3.23. The fraction of sp³-hybridized carbons (Fsp3) is 0.471. The van der Waals surface area contributed by atoms with Crippen LogP contribution in [0.5, 0.6) is 0 Å². The lowest BCUT2D eigenvalue weighted by Crippen LogP contribution is -2.41. The second-order valence-corrected chi connectivity index (χ2v) is 7.91. The second kappa shape index (κ2) is 6.95. The van der Waals surface area contributed by atoms with Crippen LogP contribution in [0.2, 0.25) is 0 Å². The third kappa shape index (κ3) is 3.88. The Morgan fingerprint density at radius 2 is 2.09 bits per heavy atom. The standard InChI is InChI=1S/C17H22N2O3S/c1-2-9-23(20,21)19-17-12-22-11-14(17)10-13-7-8-18-16-6-4-3-5-15(13)16/h3-8,14,17,19H,2,9-12H2,1H3/t14-,17-/m1/s1. The Balaban J connectivity index is 1.78. The largest absolute Gasteiger partial charge is 0.379 e. The van der Waals surface area contributed by atoms with Gasteiger partial charge in [0, 0.05) is 17.5 Å². The summed E-state index contributed by atoms with van der Waals surface area (Å²) in [6.45, 7) is 2.89. The maximum absolute atomic E-state index is 12.0. The summed E-state index contributed by atoms with van der Waals surface area (Å²) in [5, 5.41) is 1.12. The van der Waals surface area contributed by atoms with Crippen molar-refractivity contribution in [3.05, 3.63) is 42.1 Å². The van der Waals surface area contributed by atoms with Gasteiger partial charge in [-0.3, -0.25) is 4.98 Å². The zero-order valence-corrected chi connectivity index (χ0v) is 14.1. The molecule has 5 nitrogen and oxygen atoms in total. The van der Waals surface area contributed by atoms with Gasteiger partial charge in [0.15, 0.2) is 0 Å². The molecule has 1 N–H and O–H groups in total. The van der Waals surface area contributed by atoms with Crippen LogP contribution in [0.4, 0.5) is 0 Å². The van der Waals surface area contributed by atoms with Crippen molar-refractivity contribution in [3.8, 4) is 0 Å². The highest BCUT2D eigenvalue weighted by atomic mass is 32.2. The molecule has 0 saturated carbocycles. The lowest BCUT2D eigenvalue weighted by atomic mass is 9.93. The first-order chi connectivity index (χ1) is 11.1. The first-order valence-electron chi connectivity index (χ1n) is 7.99. The van der Waals surface area contributed by atoms with Gasteiger partial charge >= 0.3 is 0 Å². The number of benzene rings is 1. The van der Waals surface area contributed by atoms with Gasteiger partial charge in [-0.05, 0) is 30.5 Å². The van der Waals surface area contributed by atoms with Gasteiger partial charge in [0.2, 0.25) is 10.0 Å². The van der Waals surface area contributed by atoms with E-state index in [9.17, 15) is 8.42 Å². The van der Waals surface area contributed by atoms with Gasteiger partial charge < -0.3 is 4.74 Å². The molecule has 0 amide bonds. The minimum absolute atomic E-state index is 0.146. The predicted octanol–water partition coefficient (Wildman–Crippen LogP) is 2.12. The Bertz CT molecular complexity index is 771. The summed E-state index contributed by atoms with van der Waals surface area (Å²) < 4.78 is 32.4. The zero-order valence-electron chi connectivity index (χ0n) is 13.2. The molecule has 1 saturated heterocycles. The third-order valence-corrected chi connectivity index (χ3v) is 5.83. The van der Waals surface area contributed by atoms with Crippen molar-refractivity contribution in [2.24, 2.45) is 5.92 Å². The van der Waals surface area contributed by atoms with Crippen molar-refractivity contribution in [1.82, 2.24) is 9.71 Å². The zero-order chi connectivity index (χ0) is 16.3. The Morgan fingerprint density at radius 3 is 2.91 bits per heavy atom. The van der Waals surface area contributed by atoms with Crippen molar-refractivity contribution >= 4 is 20.9 Å². The lowest BCUT2D eigenvalue weighted by molar-refractivity contribution is 0.183. The van der Waals surface area contributed by atoms with Gasteiger partial charge in [-0.1, -0.05) is 25.1 Å². The molecule has 2 heterocycles. The third-order valence-electron chi connectivity index (χ3n) is 4.22. The minimum Gasteiger partial charge on any atom is -0.379 e. The van der Waals surface area contributed by atoms with Crippen LogP contribution in [0.15, 0.2) is 36.5 Å². The number of hydrogen-bond acceptors (Lipinski definition) is 4. The van der Waals surface area contributed by atoms with Gasteiger partial charge in [0.05, 0.1) is 30.5 Å². The van der Waals surface area contributed by atoms with Crippen molar-refractivity contribution in [2.45, 2.75) is 25.8 Å². The number of rotatable bonds is 6. The molecule has 6 heteroatoms. The first-order valence-corrected chi connectivity index (χ1v) is 9.64. The number of aromatic nitrogens is 1. The highest BCUT2D eigenvalue weighted by Gasteiger charge is 2.31. The number of pyridine rings is 1. The van der Waals surface area contributed by atoms with E-state index >= 15 is 0 Å². The van der Waals surface area contributed by atoms with Crippen molar-refractivity contribution < 1.29 is 13.2 Å². The summed E-state index contributed by atoms with van der Waals surface area (Å²) in [6, 6.07) is 9.88. The Labute approximate surface area is 137 Å². The van der Waals surface area contributed by atoms with Crippen LogP contribution < -0.4 is 4.72 Å². The van der Waals surface area contributed by atoms with Crippen LogP contribution in [0.1, 0.15) is 18.9 Å². The van der Waals surface area contributed by atoms with Crippen LogP contribution in [-0.4, -0.2) is 38.4 Å². The maximum atomic E-state index is 12.0. The topological polar surface area (TPSA) is 68.3 Å². The van der Waals surface area contributed by atoms with E-state index in [2.05, 4.69) is 15.8 Å². The highest BCUT2D eigenvalue weighted by molar-refractivity contribution is 7.89. The van der Waals surface area contributed by atoms with E-state index in [1.807, 2.05) is 37.4 Å². The fourth-order valence-electron chi connectivity index (χ4n) is 3.10. The Morgan fingerprint density at radius 1 is 1.26 bits per heavy atom. The number of nitrogens with zero attached hydrogens (tertiary/aromatic N) is 1. The van der Waals surface area contributed by atoms with Crippen LogP contribution >= 0.6 is 0 Å². The molecule has 1 aliphatic heterocycles. The van der Waals surface area contributed by atoms with Gasteiger partial charge in [-0.25, -0.2) is 13.1 Å². The van der Waals surface area contributed by atoms with E-state index < -0.39 is 10.0 Å². The van der Waals surface area contributed by atoms with Gasteiger partial charge in [0.1, 0.15) is 0 Å². The van der Waals surface area contributed by atoms with Crippen LogP contribution in [0.3, 0.4) is 0 Å². The average molecular weight is 334 g/mol. The van der Waals surface area contributed by atoms with Crippen molar-refractivity contribution in [1.29, 1.82) is 0 Å². The van der Waals surface area contributed by atoms with E-state index in [1.54, 1.807) is 0 Å². The van der Waals surface area contributed by atoms with Gasteiger partial charge in [0.25, 0.3) is 0 Å². The molecule has 0 bridgehead atoms. The molecule has 23 heavy (non-hydrogen) atoms. The molecule has 0 aliphatic carbocycles. The fourth-order valence-corrected chi connectivity index (χ4v) is 4.48. The maximum Gasteiger partial charge on any atom is 0.211 e. The molecule has 0 unspecified atom stereocenters. The summed E-state index contributed by atoms with van der Waals surface area (Å²) in [5.74, 6) is 0.307. The van der Waals surface area contributed by atoms with E-state index in [1.165, 1.54) is 5.56 Å². The summed E-state index contributed by atoms with van der Waals surface area (Å²) in [7, 11) is -3.23. The molecule has 0 radical (unpaired) electrons. The molecule has 2 atom stereocenters. The van der Waals surface area contributed by atoms with Crippen LogP contribution in [-0.2, 0) is 21.2 Å². The Hall–Kier alpha value is -1.50. The molecule has 1 fully saturated rings. The monoisotopic (exact) mass is 334 g/mol. The average Bonchev–Trinajstić information content (AvgIpc) is 2.94. The molecule has 3 rings (SSSR count). The molecule has 2 aromatic rings. The second-order valence-electron chi connectivity index (χ2n) is 6.03. The molecule has 1 aromatic carbocycles. The molecular formula is C17H22N2O3S. The lowest BCUT2D eigenvalue weighted by Gasteiger charge is -2.19. The van der Waals surface area contributed by atoms with Gasteiger partial charge in [-0.15, -0.1) is 0 Å². The van der Waals surface area contributed by atoms with E-state index in [4.69, 9.17) is 4.74 Å². The molecule has 1 aliphatic rings. The number of ether oxygens (including phenoxy) is 1. The smallest absolute Gasteiger partial charge is 0.211 e. The Kier molecular flexibility index (Phi) is 4.94. The number of fused-ring (bicyclic) bond motifs is 1. The number of para-hydroxylation sites is 1. The summed E-state index contributed by atoms with van der Waals surface area (Å²) in [5.41, 5.74) is 2.15. The van der Waals surface area contributed by atoms with E-state index in [0.29, 0.717) is 19.6 Å². The molecular weight excluding hydrogens is 312 g/mol. The molecule has 1 aromatic heterocycles. The summed E-state index contributed by atoms with van der Waals surface area (Å²) >= 11 is 0. The SMILES string of the molecule is CCCS(=O)(=O)N[C@@H]1COC[C@H]1Cc1ccnc2ccccc12. The number of nitrogens with one attached hydrogen (secondary N) is 1. The van der Waals surface area contributed by atoms with Crippen molar-refractivity contribution in [3.63, 3.8) is 0 Å². The molecule has 124 valence electrons. The van der Waals surface area contributed by atoms with Crippen LogP contribution in [0.25, 0.3) is 10.9 Å². The summed E-state index contributed by atoms with van der Waals surface area (Å²) in [6.07, 6.45) is 3.20. The van der Waals surface area contributed by atoms with E-state index in [-0.39, 0.29) is 17.7 Å². The van der Waals surface area contributed by atoms with E-state index in [0.717, 1.165) is 17.3 Å². The van der Waals surface area contributed by atoms with Gasteiger partial charge in [-0.2, -0.15) is 0 Å². The van der Waals surface area contributed by atoms with Crippen molar-refractivity contribution in [2.75, 3.05) is 19.0 Å². The normalized spacial score (nSPS) is 21.8. The van der Waals surface area contributed by atoms with Crippen LogP contribution in [0, 0.1) is 5.92 Å². The predicted molar refractivity (Wildman–Crippen MR) is 90.8 cm³/mol. The molecule has 0 spiro atoms. The highest BCUT2D eigenvalue weighted by Crippen LogP contribution is 2.24. The first kappa shape index (κ1) is 16.4. The number of hydrogen-bond donors (Lipinski definition) is 1. The quantitative estimate of drug-likeness (QED) is 0.879. The summed E-state index contributed by atoms with van der Waals surface area (Å²) in [4.78, 5) is 4.38.